The average Bonchev–Trinajstić information content (AvgIpc) is 2.60. The molecule has 1 aromatic heterocycles. The molecule has 2 N–H and O–H groups in total. The second-order valence-electron chi connectivity index (χ2n) is 4.69. The molecule has 4 nitrogen and oxygen atoms in total. The molecule has 0 saturated heterocycles. The van der Waals surface area contributed by atoms with Gasteiger partial charge in [0.2, 0.25) is 0 Å². The van der Waals surface area contributed by atoms with E-state index < -0.39 is 0 Å². The maximum absolute atomic E-state index is 5.94. The zero-order valence-corrected chi connectivity index (χ0v) is 9.93. The Morgan fingerprint density at radius 2 is 2.06 bits per heavy atom. The normalized spacial score (nSPS) is 15.8. The molecule has 0 amide bonds. The highest BCUT2D eigenvalue weighted by atomic mass is 15.4. The van der Waals surface area contributed by atoms with E-state index in [1.807, 2.05) is 16.8 Å². The predicted molar refractivity (Wildman–Crippen MR) is 67.1 cm³/mol. The number of nitrogen functional groups attached to an aromatic ring is 1. The van der Waals surface area contributed by atoms with Crippen LogP contribution in [0.2, 0.25) is 0 Å². The number of nitrogens with two attached hydrogens (primary N) is 1. The molecule has 0 spiro atoms. The number of hydrogen-bond donors (Lipinski definition) is 1. The lowest BCUT2D eigenvalue weighted by Crippen LogP contribution is -2.16. The van der Waals surface area contributed by atoms with Crippen molar-refractivity contribution in [3.05, 3.63) is 35.5 Å². The van der Waals surface area contributed by atoms with E-state index in [0.717, 1.165) is 11.4 Å². The molecule has 3 rings (SSSR count). The minimum atomic E-state index is 0.532. The Balaban J connectivity index is 2.12. The van der Waals surface area contributed by atoms with Gasteiger partial charge in [0.1, 0.15) is 0 Å². The van der Waals surface area contributed by atoms with E-state index in [1.165, 1.54) is 24.8 Å². The van der Waals surface area contributed by atoms with Crippen LogP contribution in [0.4, 0.5) is 5.82 Å². The van der Waals surface area contributed by atoms with Gasteiger partial charge in [-0.2, -0.15) is 0 Å². The van der Waals surface area contributed by atoms with Gasteiger partial charge in [-0.3, -0.25) is 0 Å². The highest BCUT2D eigenvalue weighted by Crippen LogP contribution is 2.39. The van der Waals surface area contributed by atoms with Crippen molar-refractivity contribution >= 4 is 5.82 Å². The maximum Gasteiger partial charge on any atom is 0.169 e. The zero-order valence-electron chi connectivity index (χ0n) is 9.93. The van der Waals surface area contributed by atoms with Gasteiger partial charge in [-0.15, -0.1) is 5.10 Å². The number of rotatable bonds is 2. The topological polar surface area (TPSA) is 56.7 Å². The van der Waals surface area contributed by atoms with Crippen LogP contribution in [0.5, 0.6) is 0 Å². The van der Waals surface area contributed by atoms with Crippen molar-refractivity contribution < 1.29 is 0 Å². The van der Waals surface area contributed by atoms with E-state index in [-0.39, 0.29) is 0 Å². The van der Waals surface area contributed by atoms with E-state index in [0.29, 0.717) is 11.7 Å². The number of hydrogen-bond acceptors (Lipinski definition) is 3. The highest BCUT2D eigenvalue weighted by Gasteiger charge is 2.27. The van der Waals surface area contributed by atoms with E-state index in [2.05, 4.69) is 29.4 Å². The summed E-state index contributed by atoms with van der Waals surface area (Å²) in [4.78, 5) is 0. The Kier molecular flexibility index (Phi) is 2.35. The van der Waals surface area contributed by atoms with Crippen molar-refractivity contribution in [2.75, 3.05) is 5.73 Å². The molecule has 0 aliphatic heterocycles. The van der Waals surface area contributed by atoms with Crippen molar-refractivity contribution in [1.82, 2.24) is 15.0 Å². The second kappa shape index (κ2) is 3.87. The van der Waals surface area contributed by atoms with Crippen molar-refractivity contribution in [1.29, 1.82) is 0 Å². The quantitative estimate of drug-likeness (QED) is 0.858. The maximum atomic E-state index is 5.94. The summed E-state index contributed by atoms with van der Waals surface area (Å²) >= 11 is 0. The Morgan fingerprint density at radius 3 is 2.71 bits per heavy atom. The summed E-state index contributed by atoms with van der Waals surface area (Å²) in [5.41, 5.74) is 9.31. The van der Waals surface area contributed by atoms with Crippen LogP contribution in [0.3, 0.4) is 0 Å². The minimum absolute atomic E-state index is 0.532. The van der Waals surface area contributed by atoms with Gasteiger partial charge in [0, 0.05) is 5.92 Å². The third-order valence-electron chi connectivity index (χ3n) is 3.57. The lowest BCUT2D eigenvalue weighted by atomic mass is 9.82. The van der Waals surface area contributed by atoms with Crippen molar-refractivity contribution in [2.24, 2.45) is 0 Å². The highest BCUT2D eigenvalue weighted by molar-refractivity contribution is 5.46. The lowest BCUT2D eigenvalue weighted by molar-refractivity contribution is 0.404. The predicted octanol–water partition coefficient (Wildman–Crippen LogP) is 2.43. The van der Waals surface area contributed by atoms with Crippen LogP contribution in [0, 0.1) is 6.92 Å². The first-order valence-electron chi connectivity index (χ1n) is 6.04. The van der Waals surface area contributed by atoms with Gasteiger partial charge in [0.25, 0.3) is 0 Å². The molecular weight excluding hydrogens is 212 g/mol. The number of aryl methyl sites for hydroxylation is 1. The lowest BCUT2D eigenvalue weighted by Gasteiger charge is -2.26. The summed E-state index contributed by atoms with van der Waals surface area (Å²) in [5, 5.41) is 8.22. The van der Waals surface area contributed by atoms with Gasteiger partial charge in [-0.1, -0.05) is 29.8 Å². The van der Waals surface area contributed by atoms with Crippen molar-refractivity contribution in [3.8, 4) is 5.69 Å². The number of anilines is 1. The standard InChI is InChI=1S/C13H16N4/c1-9-5-2-3-8-11(9)17-12(10-6-4-7-10)13(14)15-16-17/h2-3,5,8,10H,4,6-7,14H2,1H3. The molecule has 0 radical (unpaired) electrons. The van der Waals surface area contributed by atoms with Gasteiger partial charge in [0.05, 0.1) is 11.4 Å². The fourth-order valence-corrected chi connectivity index (χ4v) is 2.34. The van der Waals surface area contributed by atoms with E-state index in [4.69, 9.17) is 5.73 Å². The van der Waals surface area contributed by atoms with Gasteiger partial charge in [-0.25, -0.2) is 4.68 Å². The largest absolute Gasteiger partial charge is 0.381 e. The van der Waals surface area contributed by atoms with Crippen LogP contribution in [-0.4, -0.2) is 15.0 Å². The smallest absolute Gasteiger partial charge is 0.169 e. The number of para-hydroxylation sites is 1. The molecule has 1 aromatic carbocycles. The molecule has 2 aromatic rings. The monoisotopic (exact) mass is 228 g/mol. The summed E-state index contributed by atoms with van der Waals surface area (Å²) in [6.07, 6.45) is 3.68. The summed E-state index contributed by atoms with van der Waals surface area (Å²) in [6.45, 7) is 2.08. The van der Waals surface area contributed by atoms with Crippen LogP contribution in [0.25, 0.3) is 5.69 Å². The fraction of sp³-hybridized carbons (Fsp3) is 0.385. The molecule has 0 unspecified atom stereocenters. The number of aromatic nitrogens is 3. The van der Waals surface area contributed by atoms with Gasteiger partial charge in [-0.05, 0) is 31.4 Å². The molecule has 88 valence electrons. The molecule has 0 bridgehead atoms. The summed E-state index contributed by atoms with van der Waals surface area (Å²) in [6, 6.07) is 8.19. The number of nitrogens with zero attached hydrogens (tertiary/aromatic N) is 3. The first-order chi connectivity index (χ1) is 8.27. The van der Waals surface area contributed by atoms with Gasteiger partial charge >= 0.3 is 0 Å². The molecule has 0 atom stereocenters. The Labute approximate surface area is 100 Å². The van der Waals surface area contributed by atoms with Gasteiger partial charge in [0.15, 0.2) is 5.82 Å². The molecule has 1 aliphatic carbocycles. The first-order valence-corrected chi connectivity index (χ1v) is 6.04. The second-order valence-corrected chi connectivity index (χ2v) is 4.69. The van der Waals surface area contributed by atoms with E-state index in [1.54, 1.807) is 0 Å². The molecular formula is C13H16N4. The summed E-state index contributed by atoms with van der Waals surface area (Å²) in [7, 11) is 0. The van der Waals surface area contributed by atoms with Crippen LogP contribution in [0.15, 0.2) is 24.3 Å². The molecule has 1 heterocycles. The average molecular weight is 228 g/mol. The Hall–Kier alpha value is -1.84. The Bertz CT molecular complexity index is 540. The SMILES string of the molecule is Cc1ccccc1-n1nnc(N)c1C1CCC1. The van der Waals surface area contributed by atoms with Crippen molar-refractivity contribution in [3.63, 3.8) is 0 Å². The van der Waals surface area contributed by atoms with Crippen LogP contribution < -0.4 is 5.73 Å². The number of benzene rings is 1. The summed E-state index contributed by atoms with van der Waals surface area (Å²) in [5.74, 6) is 1.11. The first kappa shape index (κ1) is 10.3. The molecule has 1 fully saturated rings. The van der Waals surface area contributed by atoms with E-state index >= 15 is 0 Å². The van der Waals surface area contributed by atoms with Crippen LogP contribution in [0.1, 0.15) is 36.4 Å². The van der Waals surface area contributed by atoms with Gasteiger partial charge < -0.3 is 5.73 Å². The molecule has 1 aliphatic rings. The molecule has 17 heavy (non-hydrogen) atoms. The van der Waals surface area contributed by atoms with Crippen LogP contribution >= 0.6 is 0 Å². The molecule has 4 heteroatoms. The fourth-order valence-electron chi connectivity index (χ4n) is 2.34. The third kappa shape index (κ3) is 1.60. The molecule has 1 saturated carbocycles. The van der Waals surface area contributed by atoms with Crippen molar-refractivity contribution in [2.45, 2.75) is 32.1 Å². The summed E-state index contributed by atoms with van der Waals surface area (Å²) < 4.78 is 1.91. The Morgan fingerprint density at radius 1 is 1.29 bits per heavy atom. The van der Waals surface area contributed by atoms with E-state index in [9.17, 15) is 0 Å². The van der Waals surface area contributed by atoms with Crippen LogP contribution in [-0.2, 0) is 0 Å². The zero-order chi connectivity index (χ0) is 11.8. The third-order valence-corrected chi connectivity index (χ3v) is 3.57. The minimum Gasteiger partial charge on any atom is -0.381 e.